The van der Waals surface area contributed by atoms with Crippen LogP contribution in [0, 0.1) is 6.92 Å². The van der Waals surface area contributed by atoms with E-state index in [-0.39, 0.29) is 6.04 Å². The molecule has 0 aliphatic rings. The van der Waals surface area contributed by atoms with E-state index in [2.05, 4.69) is 30.8 Å². The van der Waals surface area contributed by atoms with Gasteiger partial charge < -0.3 is 19.6 Å². The van der Waals surface area contributed by atoms with Gasteiger partial charge >= 0.3 is 0 Å². The summed E-state index contributed by atoms with van der Waals surface area (Å²) >= 11 is 0. The average molecular weight is 368 g/mol. The fourth-order valence-electron chi connectivity index (χ4n) is 2.50. The fourth-order valence-corrected chi connectivity index (χ4v) is 2.50. The lowest BCUT2D eigenvalue weighted by molar-refractivity contribution is 0.421. The molecule has 1 atom stereocenters. The molecule has 3 rings (SSSR count). The first-order chi connectivity index (χ1) is 13.2. The maximum atomic E-state index is 5.66. The lowest BCUT2D eigenvalue weighted by Crippen LogP contribution is -2.38. The van der Waals surface area contributed by atoms with Gasteiger partial charge in [0.1, 0.15) is 17.2 Å². The minimum Gasteiger partial charge on any atom is -0.464 e. The van der Waals surface area contributed by atoms with Crippen LogP contribution in [0.2, 0.25) is 0 Å². The van der Waals surface area contributed by atoms with Gasteiger partial charge in [0, 0.05) is 25.7 Å². The number of nitrogens with zero attached hydrogens (tertiary/aromatic N) is 4. The number of aliphatic imine (C=N–C) groups is 1. The summed E-state index contributed by atoms with van der Waals surface area (Å²) in [6, 6.07) is 9.49. The van der Waals surface area contributed by atoms with Crippen LogP contribution < -0.4 is 10.6 Å². The molecule has 3 aromatic heterocycles. The lowest BCUT2D eigenvalue weighted by atomic mass is 10.2. The van der Waals surface area contributed by atoms with Gasteiger partial charge in [-0.2, -0.15) is 4.98 Å². The molecule has 0 bridgehead atoms. The Morgan fingerprint density at radius 3 is 2.85 bits per heavy atom. The molecule has 8 nitrogen and oxygen atoms in total. The summed E-state index contributed by atoms with van der Waals surface area (Å²) in [6.45, 7) is 7.28. The summed E-state index contributed by atoms with van der Waals surface area (Å²) in [5.41, 5.74) is 0.664. The quantitative estimate of drug-likeness (QED) is 0.488. The summed E-state index contributed by atoms with van der Waals surface area (Å²) in [7, 11) is 0. The summed E-state index contributed by atoms with van der Waals surface area (Å²) in [6.07, 6.45) is 2.26. The number of hydrogen-bond donors (Lipinski definition) is 2. The molecule has 1 unspecified atom stereocenters. The molecule has 0 aliphatic heterocycles. The van der Waals surface area contributed by atoms with Crippen LogP contribution in [0.25, 0.3) is 11.6 Å². The molecule has 0 saturated carbocycles. The van der Waals surface area contributed by atoms with E-state index in [9.17, 15) is 0 Å². The van der Waals surface area contributed by atoms with Crippen LogP contribution >= 0.6 is 0 Å². The normalized spacial score (nSPS) is 12.8. The Hall–Kier alpha value is -3.16. The molecule has 3 heterocycles. The molecule has 0 fully saturated rings. The van der Waals surface area contributed by atoms with Gasteiger partial charge in [0.15, 0.2) is 11.8 Å². The third-order valence-corrected chi connectivity index (χ3v) is 3.84. The minimum atomic E-state index is 0.0115. The standard InChI is InChI=1S/C19H24N6O2/c1-4-20-19(23-14(3)16-9-8-13(2)26-16)22-12-10-17-24-18(27-25-17)15-7-5-6-11-21-15/h5-9,11,14H,4,10,12H2,1-3H3,(H2,20,22,23). The van der Waals surface area contributed by atoms with E-state index in [0.717, 1.165) is 18.1 Å². The fraction of sp³-hybridized carbons (Fsp3) is 0.368. The minimum absolute atomic E-state index is 0.0115. The number of hydrogen-bond acceptors (Lipinski definition) is 6. The van der Waals surface area contributed by atoms with Gasteiger partial charge in [0.05, 0.1) is 6.04 Å². The molecular formula is C19H24N6O2. The van der Waals surface area contributed by atoms with Crippen LogP contribution in [0.1, 0.15) is 37.2 Å². The zero-order valence-corrected chi connectivity index (χ0v) is 15.8. The number of furan rings is 1. The van der Waals surface area contributed by atoms with Crippen LogP contribution in [0.15, 0.2) is 50.5 Å². The van der Waals surface area contributed by atoms with Crippen molar-refractivity contribution in [1.29, 1.82) is 0 Å². The van der Waals surface area contributed by atoms with E-state index in [0.29, 0.717) is 36.3 Å². The number of pyridine rings is 1. The molecular weight excluding hydrogens is 344 g/mol. The maximum Gasteiger partial charge on any atom is 0.276 e. The molecule has 0 radical (unpaired) electrons. The lowest BCUT2D eigenvalue weighted by Gasteiger charge is -2.16. The van der Waals surface area contributed by atoms with Crippen LogP contribution in [-0.2, 0) is 6.42 Å². The van der Waals surface area contributed by atoms with Crippen molar-refractivity contribution >= 4 is 5.96 Å². The van der Waals surface area contributed by atoms with E-state index in [1.165, 1.54) is 0 Å². The van der Waals surface area contributed by atoms with Crippen LogP contribution in [0.4, 0.5) is 0 Å². The van der Waals surface area contributed by atoms with Crippen LogP contribution in [0.5, 0.6) is 0 Å². The number of aryl methyl sites for hydroxylation is 1. The molecule has 0 aliphatic carbocycles. The molecule has 0 saturated heterocycles. The molecule has 142 valence electrons. The molecule has 27 heavy (non-hydrogen) atoms. The molecule has 0 spiro atoms. The van der Waals surface area contributed by atoms with Gasteiger partial charge in [-0.15, -0.1) is 0 Å². The van der Waals surface area contributed by atoms with Gasteiger partial charge in [0.2, 0.25) is 0 Å². The predicted molar refractivity (Wildman–Crippen MR) is 102 cm³/mol. The molecule has 2 N–H and O–H groups in total. The summed E-state index contributed by atoms with van der Waals surface area (Å²) in [4.78, 5) is 13.2. The summed E-state index contributed by atoms with van der Waals surface area (Å²) < 4.78 is 10.9. The Bertz CT molecular complexity index is 871. The van der Waals surface area contributed by atoms with E-state index in [1.54, 1.807) is 6.20 Å². The first-order valence-corrected chi connectivity index (χ1v) is 9.01. The van der Waals surface area contributed by atoms with E-state index >= 15 is 0 Å². The van der Waals surface area contributed by atoms with Crippen molar-refractivity contribution in [3.05, 3.63) is 53.9 Å². The van der Waals surface area contributed by atoms with Gasteiger partial charge in [-0.3, -0.25) is 9.98 Å². The second-order valence-corrected chi connectivity index (χ2v) is 6.06. The zero-order valence-electron chi connectivity index (χ0n) is 15.8. The average Bonchev–Trinajstić information content (AvgIpc) is 3.32. The number of nitrogens with one attached hydrogen (secondary N) is 2. The first kappa shape index (κ1) is 18.6. The number of aromatic nitrogens is 3. The molecule has 8 heteroatoms. The van der Waals surface area contributed by atoms with Crippen molar-refractivity contribution in [2.24, 2.45) is 4.99 Å². The Balaban J connectivity index is 1.58. The Labute approximate surface area is 158 Å². The Morgan fingerprint density at radius 1 is 1.26 bits per heavy atom. The Morgan fingerprint density at radius 2 is 2.15 bits per heavy atom. The third kappa shape index (κ3) is 5.16. The third-order valence-electron chi connectivity index (χ3n) is 3.84. The summed E-state index contributed by atoms with van der Waals surface area (Å²) in [5, 5.41) is 10.6. The largest absolute Gasteiger partial charge is 0.464 e. The zero-order chi connectivity index (χ0) is 19.1. The predicted octanol–water partition coefficient (Wildman–Crippen LogP) is 2.89. The molecule has 0 amide bonds. The van der Waals surface area contributed by atoms with Gasteiger partial charge in [0.25, 0.3) is 5.89 Å². The van der Waals surface area contributed by atoms with Crippen molar-refractivity contribution in [1.82, 2.24) is 25.8 Å². The van der Waals surface area contributed by atoms with Crippen molar-refractivity contribution in [3.8, 4) is 11.6 Å². The van der Waals surface area contributed by atoms with Gasteiger partial charge in [-0.1, -0.05) is 11.2 Å². The van der Waals surface area contributed by atoms with Crippen molar-refractivity contribution in [3.63, 3.8) is 0 Å². The second-order valence-electron chi connectivity index (χ2n) is 6.06. The monoisotopic (exact) mass is 368 g/mol. The highest BCUT2D eigenvalue weighted by atomic mass is 16.5. The topological polar surface area (TPSA) is 101 Å². The van der Waals surface area contributed by atoms with Crippen molar-refractivity contribution in [2.75, 3.05) is 13.1 Å². The Kier molecular flexibility index (Phi) is 6.19. The highest BCUT2D eigenvalue weighted by Gasteiger charge is 2.12. The van der Waals surface area contributed by atoms with Gasteiger partial charge in [-0.25, -0.2) is 0 Å². The highest BCUT2D eigenvalue weighted by Crippen LogP contribution is 2.15. The smallest absolute Gasteiger partial charge is 0.276 e. The van der Waals surface area contributed by atoms with E-state index in [1.807, 2.05) is 51.1 Å². The summed E-state index contributed by atoms with van der Waals surface area (Å²) in [5.74, 6) is 3.50. The van der Waals surface area contributed by atoms with Crippen molar-refractivity contribution in [2.45, 2.75) is 33.2 Å². The molecule has 0 aromatic carbocycles. The number of guanidine groups is 1. The van der Waals surface area contributed by atoms with Crippen LogP contribution in [0.3, 0.4) is 0 Å². The van der Waals surface area contributed by atoms with E-state index in [4.69, 9.17) is 8.94 Å². The maximum absolute atomic E-state index is 5.66. The first-order valence-electron chi connectivity index (χ1n) is 9.01. The molecule has 3 aromatic rings. The van der Waals surface area contributed by atoms with Crippen LogP contribution in [-0.4, -0.2) is 34.2 Å². The van der Waals surface area contributed by atoms with Crippen molar-refractivity contribution < 1.29 is 8.94 Å². The second kappa shape index (κ2) is 8.98. The van der Waals surface area contributed by atoms with E-state index < -0.39 is 0 Å². The van der Waals surface area contributed by atoms with Gasteiger partial charge in [-0.05, 0) is 45.0 Å². The SMILES string of the molecule is CCNC(=NCCc1noc(-c2ccccn2)n1)NC(C)c1ccc(C)o1. The number of rotatable bonds is 7. The highest BCUT2D eigenvalue weighted by molar-refractivity contribution is 5.80.